The van der Waals surface area contributed by atoms with Gasteiger partial charge >= 0.3 is 0 Å². The normalized spacial score (nSPS) is 40.5. The second kappa shape index (κ2) is 3.82. The van der Waals surface area contributed by atoms with Gasteiger partial charge in [-0.25, -0.2) is 0 Å². The van der Waals surface area contributed by atoms with Crippen molar-refractivity contribution in [2.75, 3.05) is 0 Å². The number of aliphatic hydroxyl groups is 1. The summed E-state index contributed by atoms with van der Waals surface area (Å²) in [7, 11) is 0. The molecule has 0 heterocycles. The molecule has 10 heavy (non-hydrogen) atoms. The summed E-state index contributed by atoms with van der Waals surface area (Å²) in [5, 5.41) is 9.30. The molecule has 3 nitrogen and oxygen atoms in total. The smallest absolute Gasteiger partial charge is 0.128 e. The van der Waals surface area contributed by atoms with Gasteiger partial charge in [-0.1, -0.05) is 6.42 Å². The number of nitrogens with two attached hydrogens (primary N) is 2. The van der Waals surface area contributed by atoms with E-state index in [0.29, 0.717) is 6.42 Å². The van der Waals surface area contributed by atoms with E-state index in [1.165, 1.54) is 0 Å². The van der Waals surface area contributed by atoms with Crippen molar-refractivity contribution in [2.45, 2.75) is 37.5 Å². The SMILES string of the molecule is N[C@@H]1CCCC[C@]1(N)O.[Pt]. The molecule has 2 atom stereocenters. The molecule has 1 saturated carbocycles. The van der Waals surface area contributed by atoms with Crippen molar-refractivity contribution in [1.29, 1.82) is 0 Å². The summed E-state index contributed by atoms with van der Waals surface area (Å²) in [5.74, 6) is 0. The average molecular weight is 325 g/mol. The summed E-state index contributed by atoms with van der Waals surface area (Å²) in [6.07, 6.45) is 3.60. The topological polar surface area (TPSA) is 72.3 Å². The third-order valence-electron chi connectivity index (χ3n) is 1.98. The Morgan fingerprint density at radius 3 is 2.30 bits per heavy atom. The third-order valence-corrected chi connectivity index (χ3v) is 1.98. The van der Waals surface area contributed by atoms with Gasteiger partial charge in [0.15, 0.2) is 0 Å². The van der Waals surface area contributed by atoms with Gasteiger partial charge in [-0.05, 0) is 19.3 Å². The van der Waals surface area contributed by atoms with Crippen LogP contribution in [-0.2, 0) is 21.1 Å². The van der Waals surface area contributed by atoms with Crippen LogP contribution in [0.3, 0.4) is 0 Å². The second-order valence-electron chi connectivity index (χ2n) is 2.84. The minimum Gasteiger partial charge on any atom is -0.374 e. The van der Waals surface area contributed by atoms with Crippen LogP contribution in [0.15, 0.2) is 0 Å². The molecule has 0 aromatic carbocycles. The van der Waals surface area contributed by atoms with Crippen LogP contribution in [0.5, 0.6) is 0 Å². The van der Waals surface area contributed by atoms with E-state index in [9.17, 15) is 5.11 Å². The van der Waals surface area contributed by atoms with Crippen molar-refractivity contribution in [3.8, 4) is 0 Å². The van der Waals surface area contributed by atoms with Crippen LogP contribution in [-0.4, -0.2) is 16.9 Å². The quantitative estimate of drug-likeness (QED) is 0.528. The first-order chi connectivity index (χ1) is 4.13. The molecule has 0 spiro atoms. The zero-order chi connectivity index (χ0) is 6.91. The van der Waals surface area contributed by atoms with E-state index in [4.69, 9.17) is 11.5 Å². The maximum atomic E-state index is 9.30. The van der Waals surface area contributed by atoms with Crippen LogP contribution in [0.4, 0.5) is 0 Å². The van der Waals surface area contributed by atoms with Crippen LogP contribution >= 0.6 is 0 Å². The molecule has 0 radical (unpaired) electrons. The van der Waals surface area contributed by atoms with E-state index >= 15 is 0 Å². The van der Waals surface area contributed by atoms with Gasteiger partial charge in [-0.3, -0.25) is 0 Å². The molecule has 0 aromatic rings. The predicted molar refractivity (Wildman–Crippen MR) is 35.6 cm³/mol. The number of rotatable bonds is 0. The second-order valence-corrected chi connectivity index (χ2v) is 2.84. The molecule has 0 aromatic heterocycles. The molecule has 1 aliphatic carbocycles. The van der Waals surface area contributed by atoms with Crippen molar-refractivity contribution >= 4 is 0 Å². The summed E-state index contributed by atoms with van der Waals surface area (Å²) in [6, 6.07) is -0.216. The van der Waals surface area contributed by atoms with E-state index < -0.39 is 5.72 Å². The van der Waals surface area contributed by atoms with Gasteiger partial charge in [0.05, 0.1) is 0 Å². The van der Waals surface area contributed by atoms with Gasteiger partial charge in [0.2, 0.25) is 0 Å². The Hall–Kier alpha value is 0.568. The van der Waals surface area contributed by atoms with E-state index in [0.717, 1.165) is 19.3 Å². The van der Waals surface area contributed by atoms with Gasteiger partial charge in [-0.15, -0.1) is 0 Å². The Balaban J connectivity index is 0.000000810. The molecule has 1 fully saturated rings. The van der Waals surface area contributed by atoms with Gasteiger partial charge in [0.1, 0.15) is 5.72 Å². The monoisotopic (exact) mass is 325 g/mol. The Bertz CT molecular complexity index is 108. The minimum atomic E-state index is -1.09. The largest absolute Gasteiger partial charge is 0.374 e. The van der Waals surface area contributed by atoms with Gasteiger partial charge in [0.25, 0.3) is 0 Å². The van der Waals surface area contributed by atoms with E-state index in [-0.39, 0.29) is 27.1 Å². The van der Waals surface area contributed by atoms with Gasteiger partial charge in [-0.2, -0.15) is 0 Å². The van der Waals surface area contributed by atoms with Crippen molar-refractivity contribution in [1.82, 2.24) is 0 Å². The molecule has 64 valence electrons. The summed E-state index contributed by atoms with van der Waals surface area (Å²) in [5.41, 5.74) is 9.90. The van der Waals surface area contributed by atoms with Crippen molar-refractivity contribution < 1.29 is 26.2 Å². The number of hydrogen-bond donors (Lipinski definition) is 3. The average Bonchev–Trinajstić information content (AvgIpc) is 1.77. The van der Waals surface area contributed by atoms with E-state index in [1.54, 1.807) is 0 Å². The van der Waals surface area contributed by atoms with Crippen molar-refractivity contribution in [3.63, 3.8) is 0 Å². The van der Waals surface area contributed by atoms with Crippen molar-refractivity contribution in [2.24, 2.45) is 11.5 Å². The summed E-state index contributed by atoms with van der Waals surface area (Å²) >= 11 is 0. The first-order valence-electron chi connectivity index (χ1n) is 3.40. The molecule has 0 unspecified atom stereocenters. The molecule has 0 bridgehead atoms. The maximum Gasteiger partial charge on any atom is 0.128 e. The zero-order valence-corrected chi connectivity index (χ0v) is 8.10. The molecule has 1 rings (SSSR count). The molecular weight excluding hydrogens is 311 g/mol. The van der Waals surface area contributed by atoms with Gasteiger partial charge in [0, 0.05) is 27.1 Å². The molecule has 0 saturated heterocycles. The Kier molecular flexibility index (Phi) is 4.03. The van der Waals surface area contributed by atoms with Crippen LogP contribution in [0.1, 0.15) is 25.7 Å². The third kappa shape index (κ3) is 2.31. The predicted octanol–water partition coefficient (Wildman–Crippen LogP) is -0.467. The van der Waals surface area contributed by atoms with Crippen LogP contribution in [0.2, 0.25) is 0 Å². The fourth-order valence-corrected chi connectivity index (χ4v) is 1.21. The molecular formula is C6H14N2OPt. The maximum absolute atomic E-state index is 9.30. The number of hydrogen-bond acceptors (Lipinski definition) is 3. The first kappa shape index (κ1) is 10.6. The molecule has 4 heteroatoms. The van der Waals surface area contributed by atoms with Crippen LogP contribution in [0.25, 0.3) is 0 Å². The minimum absolute atomic E-state index is 0. The Labute approximate surface area is 75.4 Å². The molecule has 5 N–H and O–H groups in total. The summed E-state index contributed by atoms with van der Waals surface area (Å²) in [6.45, 7) is 0. The molecule has 0 aliphatic heterocycles. The Morgan fingerprint density at radius 2 is 2.00 bits per heavy atom. The van der Waals surface area contributed by atoms with Crippen LogP contribution in [0, 0.1) is 0 Å². The molecule has 0 amide bonds. The van der Waals surface area contributed by atoms with Crippen LogP contribution < -0.4 is 11.5 Å². The fourth-order valence-electron chi connectivity index (χ4n) is 1.21. The van der Waals surface area contributed by atoms with Gasteiger partial charge < -0.3 is 16.6 Å². The standard InChI is InChI=1S/C6H14N2O.Pt/c7-5-3-1-2-4-6(5,8)9;/h5,9H,1-4,7-8H2;/t5-,6+;/m1./s1. The first-order valence-corrected chi connectivity index (χ1v) is 3.40. The zero-order valence-electron chi connectivity index (χ0n) is 5.82. The van der Waals surface area contributed by atoms with Crippen molar-refractivity contribution in [3.05, 3.63) is 0 Å². The van der Waals surface area contributed by atoms with E-state index in [2.05, 4.69) is 0 Å². The summed E-state index contributed by atoms with van der Waals surface area (Å²) < 4.78 is 0. The van der Waals surface area contributed by atoms with E-state index in [1.807, 2.05) is 0 Å². The summed E-state index contributed by atoms with van der Waals surface area (Å²) in [4.78, 5) is 0. The Morgan fingerprint density at radius 1 is 1.40 bits per heavy atom. The fraction of sp³-hybridized carbons (Fsp3) is 1.00. The molecule has 1 aliphatic rings.